The second kappa shape index (κ2) is 12.3. The summed E-state index contributed by atoms with van der Waals surface area (Å²) in [6.45, 7) is 0. The maximum absolute atomic E-state index is 6.24. The van der Waals surface area contributed by atoms with Crippen LogP contribution in [0.25, 0.3) is 27.8 Å². The van der Waals surface area contributed by atoms with Gasteiger partial charge in [0.2, 0.25) is 17.7 Å². The molecule has 0 fully saturated rings. The van der Waals surface area contributed by atoms with E-state index in [0.717, 1.165) is 21.8 Å². The van der Waals surface area contributed by atoms with E-state index in [-0.39, 0.29) is 0 Å². The van der Waals surface area contributed by atoms with Crippen LogP contribution in [-0.4, -0.2) is 34.5 Å². The Morgan fingerprint density at radius 1 is 0.404 bits per heavy atom. The highest BCUT2D eigenvalue weighted by Gasteiger charge is 2.17. The summed E-state index contributed by atoms with van der Waals surface area (Å²) < 4.78 is 26.1. The fourth-order valence-electron chi connectivity index (χ4n) is 5.08. The number of hydrogen-bond donors (Lipinski definition) is 0. The third-order valence-corrected chi connectivity index (χ3v) is 7.03. The molecule has 0 saturated heterocycles. The van der Waals surface area contributed by atoms with Gasteiger partial charge in [0, 0.05) is 72.0 Å². The molecule has 11 heteroatoms. The highest BCUT2D eigenvalue weighted by Crippen LogP contribution is 2.37. The Kier molecular flexibility index (Phi) is 7.21. The van der Waals surface area contributed by atoms with Gasteiger partial charge in [0.1, 0.15) is 23.0 Å². The van der Waals surface area contributed by atoms with Crippen LogP contribution < -0.4 is 18.9 Å². The van der Waals surface area contributed by atoms with Crippen LogP contribution in [-0.2, 0) is 0 Å². The molecule has 8 rings (SSSR count). The van der Waals surface area contributed by atoms with E-state index >= 15 is 0 Å². The summed E-state index contributed by atoms with van der Waals surface area (Å²) in [6.07, 6.45) is 13.2. The fraction of sp³-hybridized carbons (Fsp3) is 0. The Morgan fingerprint density at radius 2 is 0.872 bits per heavy atom. The zero-order valence-corrected chi connectivity index (χ0v) is 24.5. The van der Waals surface area contributed by atoms with Gasteiger partial charge in [-0.2, -0.15) is 0 Å². The smallest absolute Gasteiger partial charge is 0.234 e. The van der Waals surface area contributed by atoms with E-state index in [2.05, 4.69) is 29.9 Å². The first-order chi connectivity index (χ1) is 23.2. The summed E-state index contributed by atoms with van der Waals surface area (Å²) >= 11 is 0. The molecule has 6 heterocycles. The van der Waals surface area contributed by atoms with Gasteiger partial charge in [0.15, 0.2) is 11.5 Å². The van der Waals surface area contributed by atoms with E-state index in [1.165, 1.54) is 0 Å². The van der Waals surface area contributed by atoms with E-state index < -0.39 is 0 Å². The van der Waals surface area contributed by atoms with Crippen molar-refractivity contribution in [3.05, 3.63) is 141 Å². The molecule has 11 nitrogen and oxygen atoms in total. The lowest BCUT2D eigenvalue weighted by atomic mass is 10.1. The predicted octanol–water partition coefficient (Wildman–Crippen LogP) is 8.32. The normalized spacial score (nSPS) is 11.0. The number of fused-ring (bicyclic) bond motifs is 3. The first-order valence-corrected chi connectivity index (χ1v) is 14.5. The summed E-state index contributed by atoms with van der Waals surface area (Å²) in [4.78, 5) is 26.1. The average Bonchev–Trinajstić information content (AvgIpc) is 3.42. The quantitative estimate of drug-likeness (QED) is 0.156. The maximum atomic E-state index is 6.24. The molecule has 8 aromatic rings. The summed E-state index contributed by atoms with van der Waals surface area (Å²) in [5.74, 6) is 4.65. The zero-order chi connectivity index (χ0) is 31.4. The maximum Gasteiger partial charge on any atom is 0.234 e. The van der Waals surface area contributed by atoms with Crippen molar-refractivity contribution in [1.82, 2.24) is 34.5 Å². The van der Waals surface area contributed by atoms with Crippen LogP contribution in [0.15, 0.2) is 141 Å². The van der Waals surface area contributed by atoms with Crippen LogP contribution in [0.5, 0.6) is 46.3 Å². The van der Waals surface area contributed by atoms with Crippen molar-refractivity contribution in [3.63, 3.8) is 0 Å². The highest BCUT2D eigenvalue weighted by atomic mass is 16.5. The molecule has 0 aliphatic rings. The van der Waals surface area contributed by atoms with Crippen molar-refractivity contribution in [2.24, 2.45) is 0 Å². The molecule has 0 amide bonds. The number of pyridine rings is 4. The SMILES string of the molecule is c1ccc(Oc2cncc(Oc3ccc4c5ccc(Oc6cncc(Oc7ccccn7)c6)cc5n(-c5ncccn5)c4c3)c2)nc1. The molecule has 0 N–H and O–H groups in total. The lowest BCUT2D eigenvalue weighted by Crippen LogP contribution is -2.00. The van der Waals surface area contributed by atoms with E-state index in [0.29, 0.717) is 52.2 Å². The van der Waals surface area contributed by atoms with Gasteiger partial charge < -0.3 is 18.9 Å². The molecule has 47 heavy (non-hydrogen) atoms. The molecule has 0 aliphatic carbocycles. The van der Waals surface area contributed by atoms with E-state index in [9.17, 15) is 0 Å². The lowest BCUT2D eigenvalue weighted by molar-refractivity contribution is 0.445. The molecular formula is C36H23N7O4. The van der Waals surface area contributed by atoms with Crippen LogP contribution in [0.2, 0.25) is 0 Å². The number of hydrogen-bond acceptors (Lipinski definition) is 10. The van der Waals surface area contributed by atoms with Gasteiger partial charge in [-0.15, -0.1) is 0 Å². The van der Waals surface area contributed by atoms with Crippen LogP contribution in [0.1, 0.15) is 0 Å². The minimum atomic E-state index is 0.463. The van der Waals surface area contributed by atoms with Crippen molar-refractivity contribution in [3.8, 4) is 52.2 Å². The third kappa shape index (κ3) is 5.96. The first-order valence-electron chi connectivity index (χ1n) is 14.5. The monoisotopic (exact) mass is 617 g/mol. The Balaban J connectivity index is 1.13. The molecular weight excluding hydrogens is 594 g/mol. The van der Waals surface area contributed by atoms with E-state index in [4.69, 9.17) is 18.9 Å². The lowest BCUT2D eigenvalue weighted by Gasteiger charge is -2.10. The number of ether oxygens (including phenoxy) is 4. The van der Waals surface area contributed by atoms with Crippen LogP contribution in [0, 0.1) is 0 Å². The van der Waals surface area contributed by atoms with Gasteiger partial charge >= 0.3 is 0 Å². The minimum absolute atomic E-state index is 0.463. The molecule has 0 spiro atoms. The molecule has 0 aliphatic heterocycles. The summed E-state index contributed by atoms with van der Waals surface area (Å²) in [5, 5.41) is 1.98. The Bertz CT molecular complexity index is 2170. The van der Waals surface area contributed by atoms with Gasteiger partial charge in [-0.25, -0.2) is 19.9 Å². The van der Waals surface area contributed by atoms with Crippen molar-refractivity contribution in [2.75, 3.05) is 0 Å². The second-order valence-corrected chi connectivity index (χ2v) is 10.2. The summed E-state index contributed by atoms with van der Waals surface area (Å²) in [5.41, 5.74) is 1.70. The van der Waals surface area contributed by atoms with Crippen molar-refractivity contribution in [2.45, 2.75) is 0 Å². The Labute approximate surface area is 267 Å². The van der Waals surface area contributed by atoms with Gasteiger partial charge in [-0.05, 0) is 42.5 Å². The van der Waals surface area contributed by atoms with Crippen molar-refractivity contribution >= 4 is 21.8 Å². The fourth-order valence-corrected chi connectivity index (χ4v) is 5.08. The Morgan fingerprint density at radius 3 is 1.34 bits per heavy atom. The highest BCUT2D eigenvalue weighted by molar-refractivity contribution is 6.09. The molecule has 226 valence electrons. The van der Waals surface area contributed by atoms with Crippen LogP contribution in [0.3, 0.4) is 0 Å². The molecule has 0 atom stereocenters. The minimum Gasteiger partial charge on any atom is -0.456 e. The Hall–Kier alpha value is -6.88. The average molecular weight is 618 g/mol. The van der Waals surface area contributed by atoms with Crippen molar-refractivity contribution < 1.29 is 18.9 Å². The van der Waals surface area contributed by atoms with Gasteiger partial charge in [-0.3, -0.25) is 14.5 Å². The van der Waals surface area contributed by atoms with Crippen molar-refractivity contribution in [1.29, 1.82) is 0 Å². The standard InChI is InChI=1S/C36H23N7O4/c1-3-12-39-34(6-1)46-28-16-26(20-37-22-28)44-24-8-10-30-31-11-9-25(19-33(31)43(32(30)18-24)36-41-14-5-15-42-36)45-27-17-29(23-38-21-27)47-35-7-2-4-13-40-35/h1-23H. The van der Waals surface area contributed by atoms with E-state index in [1.807, 2.05) is 65.2 Å². The molecule has 0 unspecified atom stereocenters. The summed E-state index contributed by atoms with van der Waals surface area (Å²) in [7, 11) is 0. The zero-order valence-electron chi connectivity index (χ0n) is 24.5. The number of nitrogens with zero attached hydrogens (tertiary/aromatic N) is 7. The predicted molar refractivity (Wildman–Crippen MR) is 174 cm³/mol. The molecule has 2 aromatic carbocycles. The molecule has 0 radical (unpaired) electrons. The second-order valence-electron chi connectivity index (χ2n) is 10.2. The summed E-state index contributed by atoms with van der Waals surface area (Å²) in [6, 6.07) is 27.9. The molecule has 0 bridgehead atoms. The topological polar surface area (TPSA) is 119 Å². The van der Waals surface area contributed by atoms with Gasteiger partial charge in [0.05, 0.1) is 35.8 Å². The van der Waals surface area contributed by atoms with Crippen LogP contribution in [0.4, 0.5) is 0 Å². The van der Waals surface area contributed by atoms with Gasteiger partial charge in [-0.1, -0.05) is 12.1 Å². The van der Waals surface area contributed by atoms with E-state index in [1.54, 1.807) is 79.9 Å². The molecule has 0 saturated carbocycles. The third-order valence-electron chi connectivity index (χ3n) is 7.03. The van der Waals surface area contributed by atoms with Gasteiger partial charge in [0.25, 0.3) is 0 Å². The van der Waals surface area contributed by atoms with Crippen LogP contribution >= 0.6 is 0 Å². The number of rotatable bonds is 9. The number of aromatic nitrogens is 7. The number of benzene rings is 2. The molecule has 6 aromatic heterocycles. The first kappa shape index (κ1) is 27.7. The largest absolute Gasteiger partial charge is 0.456 e.